The maximum atomic E-state index is 13.6. The first kappa shape index (κ1) is 21.9. The fourth-order valence-corrected chi connectivity index (χ4v) is 4.56. The molecule has 10 heteroatoms. The largest absolute Gasteiger partial charge is 0.424 e. The van der Waals surface area contributed by atoms with Crippen molar-refractivity contribution in [2.75, 3.05) is 19.7 Å². The molecule has 7 nitrogen and oxygen atoms in total. The number of rotatable bonds is 6. The number of hydrogen-bond acceptors (Lipinski definition) is 4. The number of hydrogen-bond donors (Lipinski definition) is 3. The first-order valence-electron chi connectivity index (χ1n) is 9.95. The Balaban J connectivity index is 1.72. The highest BCUT2D eigenvalue weighted by molar-refractivity contribution is 5.80. The summed E-state index contributed by atoms with van der Waals surface area (Å²) in [6.07, 6.45) is -1.72. The normalized spacial score (nSPS) is 28.4. The van der Waals surface area contributed by atoms with Crippen LogP contribution in [0.3, 0.4) is 0 Å². The number of halogens is 3. The lowest BCUT2D eigenvalue weighted by atomic mass is 9.57. The highest BCUT2D eigenvalue weighted by atomic mass is 19.4. The third kappa shape index (κ3) is 3.84. The number of aliphatic hydroxyl groups is 1. The highest BCUT2D eigenvalue weighted by Gasteiger charge is 2.60. The molecule has 1 aromatic heterocycles. The molecule has 0 radical (unpaired) electrons. The number of aryl methyl sites for hydroxylation is 1. The molecule has 1 aromatic rings. The zero-order chi connectivity index (χ0) is 21.4. The number of nitrogens with zero attached hydrogens (tertiary/aromatic N) is 3. The van der Waals surface area contributed by atoms with Crippen LogP contribution in [0.2, 0.25) is 0 Å². The molecule has 0 amide bonds. The minimum absolute atomic E-state index is 0.0863. The third-order valence-electron chi connectivity index (χ3n) is 6.14. The van der Waals surface area contributed by atoms with E-state index in [1.165, 1.54) is 24.0 Å². The summed E-state index contributed by atoms with van der Waals surface area (Å²) in [5.74, 6) is 0.373. The Labute approximate surface area is 168 Å². The average Bonchev–Trinajstić information content (AvgIpc) is 3.26. The summed E-state index contributed by atoms with van der Waals surface area (Å²) < 4.78 is 47.9. The van der Waals surface area contributed by atoms with Crippen LogP contribution in [-0.2, 0) is 17.4 Å². The van der Waals surface area contributed by atoms with Gasteiger partial charge in [-0.15, -0.1) is 0 Å². The van der Waals surface area contributed by atoms with Gasteiger partial charge in [0.25, 0.3) is 0 Å². The van der Waals surface area contributed by atoms with Gasteiger partial charge in [-0.05, 0) is 13.3 Å². The molecule has 1 saturated heterocycles. The quantitative estimate of drug-likeness (QED) is 0.487. The lowest BCUT2D eigenvalue weighted by molar-refractivity contribution is -0.272. The number of ether oxygens (including phenoxy) is 1. The van der Waals surface area contributed by atoms with Crippen molar-refractivity contribution in [1.82, 2.24) is 20.2 Å². The summed E-state index contributed by atoms with van der Waals surface area (Å²) in [7, 11) is 1.42. The first-order valence-corrected chi connectivity index (χ1v) is 9.95. The van der Waals surface area contributed by atoms with E-state index in [2.05, 4.69) is 34.5 Å². The van der Waals surface area contributed by atoms with Crippen molar-refractivity contribution in [2.24, 2.45) is 23.4 Å². The van der Waals surface area contributed by atoms with Gasteiger partial charge in [0.05, 0.1) is 6.10 Å². The van der Waals surface area contributed by atoms with E-state index in [-0.39, 0.29) is 24.1 Å². The van der Waals surface area contributed by atoms with Gasteiger partial charge in [0.15, 0.2) is 5.96 Å². The number of alkyl halides is 3. The summed E-state index contributed by atoms with van der Waals surface area (Å²) >= 11 is 0. The number of fused-ring (bicyclic) bond motifs is 1. The van der Waals surface area contributed by atoms with Crippen LogP contribution in [0.25, 0.3) is 0 Å². The monoisotopic (exact) mass is 417 g/mol. The Hall–Kier alpha value is -1.81. The van der Waals surface area contributed by atoms with E-state index in [0.717, 1.165) is 13.0 Å². The van der Waals surface area contributed by atoms with Crippen molar-refractivity contribution >= 4 is 5.96 Å². The van der Waals surface area contributed by atoms with Crippen molar-refractivity contribution in [2.45, 2.75) is 57.5 Å². The molecule has 1 aliphatic heterocycles. The standard InChI is InChI=1S/C19H30F3N5O2/c1-5-23-16(26-13-12-6-11-29-14(12)17(13,2)3)25-8-7-18(28,19(20,21)22)15-24-9-10-27(15)4/h9-10,12-14,28H,5-8,11H2,1-4H3,(H2,23,25,26). The molecule has 0 bridgehead atoms. The maximum absolute atomic E-state index is 13.6. The topological polar surface area (TPSA) is 83.7 Å². The average molecular weight is 417 g/mol. The van der Waals surface area contributed by atoms with Gasteiger partial charge in [-0.3, -0.25) is 4.99 Å². The molecule has 1 saturated carbocycles. The SMILES string of the molecule is CCNC(=NCCC(O)(c1nccn1C)C(F)(F)F)NC1C2CCOC2C1(C)C. The lowest BCUT2D eigenvalue weighted by Gasteiger charge is -2.54. The minimum Gasteiger partial charge on any atom is -0.377 e. The Bertz CT molecular complexity index is 748. The number of imidazole rings is 1. The Morgan fingerprint density at radius 1 is 1.45 bits per heavy atom. The molecule has 3 rings (SSSR count). The molecule has 1 aliphatic carbocycles. The van der Waals surface area contributed by atoms with Gasteiger partial charge in [0.2, 0.25) is 5.60 Å². The predicted molar refractivity (Wildman–Crippen MR) is 102 cm³/mol. The second-order valence-electron chi connectivity index (χ2n) is 8.42. The third-order valence-corrected chi connectivity index (χ3v) is 6.14. The highest BCUT2D eigenvalue weighted by Crippen LogP contribution is 2.52. The van der Waals surface area contributed by atoms with Gasteiger partial charge < -0.3 is 25.0 Å². The summed E-state index contributed by atoms with van der Waals surface area (Å²) in [6, 6.07) is 0.129. The number of guanidine groups is 1. The summed E-state index contributed by atoms with van der Waals surface area (Å²) in [4.78, 5) is 8.02. The fourth-order valence-electron chi connectivity index (χ4n) is 4.56. The van der Waals surface area contributed by atoms with Gasteiger partial charge >= 0.3 is 6.18 Å². The molecular weight excluding hydrogens is 387 g/mol. The molecule has 3 N–H and O–H groups in total. The van der Waals surface area contributed by atoms with Crippen molar-refractivity contribution in [1.29, 1.82) is 0 Å². The number of nitrogens with one attached hydrogen (secondary N) is 2. The number of aliphatic imine (C=N–C) groups is 1. The zero-order valence-electron chi connectivity index (χ0n) is 17.3. The van der Waals surface area contributed by atoms with Gasteiger partial charge in [0.1, 0.15) is 5.82 Å². The van der Waals surface area contributed by atoms with Crippen LogP contribution in [-0.4, -0.2) is 58.6 Å². The van der Waals surface area contributed by atoms with Crippen LogP contribution in [0.1, 0.15) is 39.4 Å². The summed E-state index contributed by atoms with van der Waals surface area (Å²) in [6.45, 7) is 7.22. The van der Waals surface area contributed by atoms with Crippen molar-refractivity contribution in [3.8, 4) is 0 Å². The van der Waals surface area contributed by atoms with Crippen molar-refractivity contribution in [3.63, 3.8) is 0 Å². The first-order chi connectivity index (χ1) is 13.5. The van der Waals surface area contributed by atoms with Gasteiger partial charge in [-0.25, -0.2) is 4.98 Å². The van der Waals surface area contributed by atoms with E-state index in [0.29, 0.717) is 18.4 Å². The van der Waals surface area contributed by atoms with Crippen LogP contribution in [0.5, 0.6) is 0 Å². The fraction of sp³-hybridized carbons (Fsp3) is 0.789. The van der Waals surface area contributed by atoms with E-state index in [1.54, 1.807) is 0 Å². The van der Waals surface area contributed by atoms with Crippen LogP contribution >= 0.6 is 0 Å². The van der Waals surface area contributed by atoms with E-state index in [9.17, 15) is 18.3 Å². The molecule has 2 fully saturated rings. The van der Waals surface area contributed by atoms with Gasteiger partial charge in [0, 0.05) is 62.9 Å². The smallest absolute Gasteiger partial charge is 0.377 e. The molecule has 2 aliphatic rings. The van der Waals surface area contributed by atoms with E-state index in [1.807, 2.05) is 6.92 Å². The molecule has 0 aromatic carbocycles. The minimum atomic E-state index is -4.86. The Morgan fingerprint density at radius 3 is 2.76 bits per heavy atom. The van der Waals surface area contributed by atoms with Gasteiger partial charge in [-0.1, -0.05) is 13.8 Å². The van der Waals surface area contributed by atoms with Gasteiger partial charge in [-0.2, -0.15) is 13.2 Å². The molecule has 4 atom stereocenters. The summed E-state index contributed by atoms with van der Waals surface area (Å²) in [5.41, 5.74) is -3.15. The second kappa shape index (κ2) is 7.79. The molecule has 4 unspecified atom stereocenters. The van der Waals surface area contributed by atoms with Crippen molar-refractivity contribution in [3.05, 3.63) is 18.2 Å². The second-order valence-corrected chi connectivity index (χ2v) is 8.42. The number of aromatic nitrogens is 2. The predicted octanol–water partition coefficient (Wildman–Crippen LogP) is 1.93. The lowest BCUT2D eigenvalue weighted by Crippen LogP contribution is -2.68. The summed E-state index contributed by atoms with van der Waals surface area (Å²) in [5, 5.41) is 16.9. The maximum Gasteiger partial charge on any atom is 0.424 e. The molecule has 0 spiro atoms. The van der Waals surface area contributed by atoms with E-state index >= 15 is 0 Å². The van der Waals surface area contributed by atoms with Crippen LogP contribution < -0.4 is 10.6 Å². The van der Waals surface area contributed by atoms with E-state index in [4.69, 9.17) is 4.74 Å². The molecule has 164 valence electrons. The van der Waals surface area contributed by atoms with Crippen LogP contribution in [0.4, 0.5) is 13.2 Å². The Kier molecular flexibility index (Phi) is 5.88. The molecule has 2 heterocycles. The molecule has 29 heavy (non-hydrogen) atoms. The Morgan fingerprint density at radius 2 is 2.17 bits per heavy atom. The van der Waals surface area contributed by atoms with Crippen LogP contribution in [0.15, 0.2) is 17.4 Å². The zero-order valence-corrected chi connectivity index (χ0v) is 17.3. The molecular formula is C19H30F3N5O2. The van der Waals surface area contributed by atoms with Crippen LogP contribution in [0, 0.1) is 11.3 Å². The van der Waals surface area contributed by atoms with E-state index < -0.39 is 24.0 Å². The van der Waals surface area contributed by atoms with Crippen molar-refractivity contribution < 1.29 is 23.0 Å².